The zero-order valence-corrected chi connectivity index (χ0v) is 10.4. The van der Waals surface area contributed by atoms with Crippen LogP contribution in [0.15, 0.2) is 42.6 Å². The third kappa shape index (κ3) is 2.97. The minimum absolute atomic E-state index is 0.0124. The van der Waals surface area contributed by atoms with Crippen LogP contribution >= 0.6 is 0 Å². The number of benzene rings is 1. The van der Waals surface area contributed by atoms with Crippen LogP contribution in [0.5, 0.6) is 5.75 Å². The van der Waals surface area contributed by atoms with Crippen LogP contribution in [0.2, 0.25) is 0 Å². The molecule has 0 fully saturated rings. The first-order chi connectivity index (χ1) is 8.69. The standard InChI is InChI=1S/C14H15FN2O/c1-10(11-4-3-5-12(15)8-11)17-14-7-6-13(18-2)9-16-14/h3-10H,1-2H3,(H,16,17). The molecule has 0 saturated carbocycles. The Balaban J connectivity index is 2.08. The molecule has 18 heavy (non-hydrogen) atoms. The number of methoxy groups -OCH3 is 1. The Morgan fingerprint density at radius 3 is 2.72 bits per heavy atom. The fourth-order valence-electron chi connectivity index (χ4n) is 1.67. The normalized spacial score (nSPS) is 11.9. The molecule has 1 N–H and O–H groups in total. The smallest absolute Gasteiger partial charge is 0.137 e. The van der Waals surface area contributed by atoms with Crippen molar-refractivity contribution >= 4 is 5.82 Å². The predicted molar refractivity (Wildman–Crippen MR) is 69.2 cm³/mol. The van der Waals surface area contributed by atoms with Gasteiger partial charge in [-0.15, -0.1) is 0 Å². The van der Waals surface area contributed by atoms with Gasteiger partial charge in [-0.3, -0.25) is 0 Å². The quantitative estimate of drug-likeness (QED) is 0.897. The van der Waals surface area contributed by atoms with Gasteiger partial charge in [0, 0.05) is 0 Å². The number of pyridine rings is 1. The van der Waals surface area contributed by atoms with E-state index in [9.17, 15) is 4.39 Å². The molecule has 2 rings (SSSR count). The van der Waals surface area contributed by atoms with Crippen LogP contribution in [0.25, 0.3) is 0 Å². The highest BCUT2D eigenvalue weighted by atomic mass is 19.1. The summed E-state index contributed by atoms with van der Waals surface area (Å²) >= 11 is 0. The van der Waals surface area contributed by atoms with Crippen molar-refractivity contribution in [1.29, 1.82) is 0 Å². The summed E-state index contributed by atoms with van der Waals surface area (Å²) in [4.78, 5) is 4.21. The number of rotatable bonds is 4. The van der Waals surface area contributed by atoms with Crippen LogP contribution in [0.1, 0.15) is 18.5 Å². The third-order valence-corrected chi connectivity index (χ3v) is 2.69. The van der Waals surface area contributed by atoms with Gasteiger partial charge in [0.25, 0.3) is 0 Å². The van der Waals surface area contributed by atoms with Gasteiger partial charge in [-0.25, -0.2) is 9.37 Å². The summed E-state index contributed by atoms with van der Waals surface area (Å²) in [5.74, 6) is 1.20. The van der Waals surface area contributed by atoms with Crippen LogP contribution in [-0.4, -0.2) is 12.1 Å². The SMILES string of the molecule is COc1ccc(NC(C)c2cccc(F)c2)nc1. The number of ether oxygens (including phenoxy) is 1. The van der Waals surface area contributed by atoms with Crippen molar-refractivity contribution < 1.29 is 9.13 Å². The van der Waals surface area contributed by atoms with Crippen LogP contribution in [-0.2, 0) is 0 Å². The lowest BCUT2D eigenvalue weighted by Gasteiger charge is -2.15. The Bertz CT molecular complexity index is 513. The van der Waals surface area contributed by atoms with Gasteiger partial charge in [0.2, 0.25) is 0 Å². The third-order valence-electron chi connectivity index (χ3n) is 2.69. The minimum atomic E-state index is -0.233. The monoisotopic (exact) mass is 246 g/mol. The Hall–Kier alpha value is -2.10. The fourth-order valence-corrected chi connectivity index (χ4v) is 1.67. The topological polar surface area (TPSA) is 34.1 Å². The molecule has 1 aromatic heterocycles. The first-order valence-electron chi connectivity index (χ1n) is 5.71. The maximum Gasteiger partial charge on any atom is 0.137 e. The number of anilines is 1. The molecule has 0 amide bonds. The molecule has 3 nitrogen and oxygen atoms in total. The van der Waals surface area contributed by atoms with Crippen LogP contribution in [0.3, 0.4) is 0 Å². The molecule has 0 aliphatic carbocycles. The average Bonchev–Trinajstić information content (AvgIpc) is 2.39. The molecule has 0 bridgehead atoms. The minimum Gasteiger partial charge on any atom is -0.495 e. The van der Waals surface area contributed by atoms with E-state index in [0.29, 0.717) is 5.75 Å². The number of hydrogen-bond donors (Lipinski definition) is 1. The molecule has 1 unspecified atom stereocenters. The van der Waals surface area contributed by atoms with Gasteiger partial charge in [-0.2, -0.15) is 0 Å². The molecule has 0 spiro atoms. The Kier molecular flexibility index (Phi) is 3.77. The lowest BCUT2D eigenvalue weighted by molar-refractivity contribution is 0.413. The summed E-state index contributed by atoms with van der Waals surface area (Å²) in [6.07, 6.45) is 1.64. The van der Waals surface area contributed by atoms with E-state index in [0.717, 1.165) is 11.4 Å². The number of hydrogen-bond acceptors (Lipinski definition) is 3. The highest BCUT2D eigenvalue weighted by Gasteiger charge is 2.06. The number of nitrogens with zero attached hydrogens (tertiary/aromatic N) is 1. The second kappa shape index (κ2) is 5.49. The van der Waals surface area contributed by atoms with E-state index in [1.807, 2.05) is 25.1 Å². The summed E-state index contributed by atoms with van der Waals surface area (Å²) in [5, 5.41) is 3.20. The maximum atomic E-state index is 13.1. The highest BCUT2D eigenvalue weighted by Crippen LogP contribution is 2.19. The van der Waals surface area contributed by atoms with Gasteiger partial charge < -0.3 is 10.1 Å². The average molecular weight is 246 g/mol. The van der Waals surface area contributed by atoms with Gasteiger partial charge in [0.1, 0.15) is 17.4 Å². The van der Waals surface area contributed by atoms with Crippen molar-refractivity contribution in [3.63, 3.8) is 0 Å². The summed E-state index contributed by atoms with van der Waals surface area (Å²) in [5.41, 5.74) is 0.882. The first kappa shape index (κ1) is 12.4. The van der Waals surface area contributed by atoms with Crippen molar-refractivity contribution in [1.82, 2.24) is 4.98 Å². The van der Waals surface area contributed by atoms with E-state index in [-0.39, 0.29) is 11.9 Å². The van der Waals surface area contributed by atoms with Gasteiger partial charge in [-0.1, -0.05) is 12.1 Å². The highest BCUT2D eigenvalue weighted by molar-refractivity contribution is 5.40. The van der Waals surface area contributed by atoms with Crippen LogP contribution in [0, 0.1) is 5.82 Å². The molecule has 1 aromatic carbocycles. The van der Waals surface area contributed by atoms with E-state index >= 15 is 0 Å². The van der Waals surface area contributed by atoms with Crippen molar-refractivity contribution in [2.45, 2.75) is 13.0 Å². The zero-order valence-electron chi connectivity index (χ0n) is 10.4. The molecule has 94 valence electrons. The number of aromatic nitrogens is 1. The maximum absolute atomic E-state index is 13.1. The van der Waals surface area contributed by atoms with Crippen molar-refractivity contribution in [3.05, 3.63) is 54.0 Å². The van der Waals surface area contributed by atoms with Crippen LogP contribution in [0.4, 0.5) is 10.2 Å². The van der Waals surface area contributed by atoms with Gasteiger partial charge in [0.05, 0.1) is 19.3 Å². The Morgan fingerprint density at radius 1 is 1.28 bits per heavy atom. The van der Waals surface area contributed by atoms with Crippen molar-refractivity contribution in [2.24, 2.45) is 0 Å². The van der Waals surface area contributed by atoms with Gasteiger partial charge >= 0.3 is 0 Å². The van der Waals surface area contributed by atoms with Gasteiger partial charge in [-0.05, 0) is 36.8 Å². The molecule has 0 saturated heterocycles. The first-order valence-corrected chi connectivity index (χ1v) is 5.71. The molecule has 2 aromatic rings. The Morgan fingerprint density at radius 2 is 2.11 bits per heavy atom. The second-order valence-corrected chi connectivity index (χ2v) is 4.00. The summed E-state index contributed by atoms with van der Waals surface area (Å²) in [7, 11) is 1.60. The van der Waals surface area contributed by atoms with Gasteiger partial charge in [0.15, 0.2) is 0 Å². The molecule has 1 atom stereocenters. The summed E-state index contributed by atoms with van der Waals surface area (Å²) in [6.45, 7) is 1.96. The van der Waals surface area contributed by atoms with E-state index in [1.54, 1.807) is 19.4 Å². The van der Waals surface area contributed by atoms with Crippen molar-refractivity contribution in [3.8, 4) is 5.75 Å². The Labute approximate surface area is 106 Å². The molecule has 0 radical (unpaired) electrons. The lowest BCUT2D eigenvalue weighted by atomic mass is 10.1. The van der Waals surface area contributed by atoms with E-state index in [2.05, 4.69) is 10.3 Å². The lowest BCUT2D eigenvalue weighted by Crippen LogP contribution is -2.08. The summed E-state index contributed by atoms with van der Waals surface area (Å²) < 4.78 is 18.1. The second-order valence-electron chi connectivity index (χ2n) is 4.00. The van der Waals surface area contributed by atoms with Crippen LogP contribution < -0.4 is 10.1 Å². The molecule has 0 aliphatic heterocycles. The number of halogens is 1. The van der Waals surface area contributed by atoms with E-state index in [4.69, 9.17) is 4.74 Å². The molecule has 4 heteroatoms. The van der Waals surface area contributed by atoms with E-state index in [1.165, 1.54) is 12.1 Å². The zero-order chi connectivity index (χ0) is 13.0. The fraction of sp³-hybridized carbons (Fsp3) is 0.214. The predicted octanol–water partition coefficient (Wildman–Crippen LogP) is 3.40. The van der Waals surface area contributed by atoms with E-state index < -0.39 is 0 Å². The number of nitrogens with one attached hydrogen (secondary N) is 1. The molecule has 0 aliphatic rings. The molecular weight excluding hydrogens is 231 g/mol. The molecule has 1 heterocycles. The summed E-state index contributed by atoms with van der Waals surface area (Å²) in [6, 6.07) is 10.2. The molecular formula is C14H15FN2O. The van der Waals surface area contributed by atoms with Crippen molar-refractivity contribution in [2.75, 3.05) is 12.4 Å². The largest absolute Gasteiger partial charge is 0.495 e.